The molecule has 118 valence electrons. The van der Waals surface area contributed by atoms with Crippen LogP contribution >= 0.6 is 0 Å². The highest BCUT2D eigenvalue weighted by Crippen LogP contribution is 2.22. The summed E-state index contributed by atoms with van der Waals surface area (Å²) in [7, 11) is 1.34. The fourth-order valence-electron chi connectivity index (χ4n) is 1.96. The molecular weight excluding hydrogens is 268 g/mol. The van der Waals surface area contributed by atoms with Gasteiger partial charge in [-0.2, -0.15) is 0 Å². The molecule has 1 fully saturated rings. The maximum atomic E-state index is 11.0. The van der Waals surface area contributed by atoms with E-state index >= 15 is 0 Å². The Bertz CT molecular complexity index is 309. The van der Waals surface area contributed by atoms with Gasteiger partial charge in [-0.15, -0.1) is 0 Å². The number of carbonyl (C=O) groups excluding carboxylic acids is 1. The smallest absolute Gasteiger partial charge is 0.305 e. The zero-order valence-electron chi connectivity index (χ0n) is 12.1. The summed E-state index contributed by atoms with van der Waals surface area (Å²) in [5.74, 6) is -0.206. The first-order chi connectivity index (χ1) is 9.36. The SMILES string of the molecule is COC(=O)CCC(C)COC1OC(C)C(O)C(O)C1O. The van der Waals surface area contributed by atoms with Gasteiger partial charge in [0, 0.05) is 6.42 Å². The largest absolute Gasteiger partial charge is 0.469 e. The van der Waals surface area contributed by atoms with Crippen LogP contribution in [-0.2, 0) is 19.0 Å². The standard InChI is InChI=1S/C13H24O7/c1-7(4-5-9(14)18-3)6-19-13-12(17)11(16)10(15)8(2)20-13/h7-8,10-13,15-17H,4-6H2,1-3H3. The number of ether oxygens (including phenoxy) is 3. The van der Waals surface area contributed by atoms with Crippen LogP contribution in [0.1, 0.15) is 26.7 Å². The van der Waals surface area contributed by atoms with E-state index in [1.807, 2.05) is 6.92 Å². The predicted octanol–water partition coefficient (Wildman–Crippen LogP) is -0.580. The Balaban J connectivity index is 2.35. The molecule has 6 unspecified atom stereocenters. The van der Waals surface area contributed by atoms with Crippen LogP contribution in [0.25, 0.3) is 0 Å². The number of esters is 1. The average Bonchev–Trinajstić information content (AvgIpc) is 2.44. The topological polar surface area (TPSA) is 105 Å². The Morgan fingerprint density at radius 1 is 1.25 bits per heavy atom. The lowest BCUT2D eigenvalue weighted by Crippen LogP contribution is -2.57. The van der Waals surface area contributed by atoms with Crippen molar-refractivity contribution in [2.75, 3.05) is 13.7 Å². The van der Waals surface area contributed by atoms with Crippen molar-refractivity contribution >= 4 is 5.97 Å². The molecule has 0 aromatic rings. The number of carbonyl (C=O) groups is 1. The molecule has 7 heteroatoms. The van der Waals surface area contributed by atoms with Gasteiger partial charge in [0.2, 0.25) is 0 Å². The van der Waals surface area contributed by atoms with Crippen molar-refractivity contribution in [3.05, 3.63) is 0 Å². The lowest BCUT2D eigenvalue weighted by atomic mass is 10.00. The van der Waals surface area contributed by atoms with Crippen molar-refractivity contribution in [1.82, 2.24) is 0 Å². The van der Waals surface area contributed by atoms with Crippen LogP contribution in [0.4, 0.5) is 0 Å². The zero-order chi connectivity index (χ0) is 15.3. The van der Waals surface area contributed by atoms with Gasteiger partial charge in [-0.05, 0) is 19.3 Å². The first-order valence-electron chi connectivity index (χ1n) is 6.74. The van der Waals surface area contributed by atoms with E-state index in [1.165, 1.54) is 7.11 Å². The minimum Gasteiger partial charge on any atom is -0.469 e. The molecule has 0 amide bonds. The first-order valence-corrected chi connectivity index (χ1v) is 6.74. The van der Waals surface area contributed by atoms with Crippen molar-refractivity contribution in [2.24, 2.45) is 5.92 Å². The third-order valence-electron chi connectivity index (χ3n) is 3.42. The maximum Gasteiger partial charge on any atom is 0.305 e. The van der Waals surface area contributed by atoms with Crippen molar-refractivity contribution in [1.29, 1.82) is 0 Å². The van der Waals surface area contributed by atoms with E-state index in [1.54, 1.807) is 6.92 Å². The number of hydrogen-bond acceptors (Lipinski definition) is 7. The molecule has 1 aliphatic rings. The third kappa shape index (κ3) is 4.68. The van der Waals surface area contributed by atoms with Gasteiger partial charge in [-0.3, -0.25) is 4.79 Å². The summed E-state index contributed by atoms with van der Waals surface area (Å²) in [6.07, 6.45) is -4.44. The Morgan fingerprint density at radius 3 is 2.50 bits per heavy atom. The summed E-state index contributed by atoms with van der Waals surface area (Å²) >= 11 is 0. The van der Waals surface area contributed by atoms with E-state index in [0.717, 1.165) is 0 Å². The van der Waals surface area contributed by atoms with Crippen LogP contribution in [0, 0.1) is 5.92 Å². The highest BCUT2D eigenvalue weighted by Gasteiger charge is 2.42. The van der Waals surface area contributed by atoms with Gasteiger partial charge in [0.15, 0.2) is 6.29 Å². The number of aliphatic hydroxyl groups excluding tert-OH is 3. The fourth-order valence-corrected chi connectivity index (χ4v) is 1.96. The van der Waals surface area contributed by atoms with Crippen LogP contribution in [0.3, 0.4) is 0 Å². The summed E-state index contributed by atoms with van der Waals surface area (Å²) in [4.78, 5) is 11.0. The highest BCUT2D eigenvalue weighted by atomic mass is 16.7. The van der Waals surface area contributed by atoms with Gasteiger partial charge in [0.05, 0.1) is 19.8 Å². The minimum absolute atomic E-state index is 0.0733. The second kappa shape index (κ2) is 7.90. The Labute approximate surface area is 118 Å². The van der Waals surface area contributed by atoms with E-state index < -0.39 is 30.7 Å². The molecule has 1 saturated heterocycles. The van der Waals surface area contributed by atoms with Crippen LogP contribution in [0.2, 0.25) is 0 Å². The monoisotopic (exact) mass is 292 g/mol. The van der Waals surface area contributed by atoms with Crippen molar-refractivity contribution in [3.8, 4) is 0 Å². The molecule has 0 spiro atoms. The van der Waals surface area contributed by atoms with Gasteiger partial charge in [-0.25, -0.2) is 0 Å². The van der Waals surface area contributed by atoms with Crippen molar-refractivity contribution in [3.63, 3.8) is 0 Å². The highest BCUT2D eigenvalue weighted by molar-refractivity contribution is 5.69. The predicted molar refractivity (Wildman–Crippen MR) is 68.7 cm³/mol. The molecule has 7 nitrogen and oxygen atoms in total. The molecule has 0 aliphatic carbocycles. The molecule has 6 atom stereocenters. The Morgan fingerprint density at radius 2 is 1.90 bits per heavy atom. The van der Waals surface area contributed by atoms with Gasteiger partial charge in [0.1, 0.15) is 18.3 Å². The summed E-state index contributed by atoms with van der Waals surface area (Å²) < 4.78 is 15.3. The van der Waals surface area contributed by atoms with E-state index in [-0.39, 0.29) is 18.5 Å². The molecular formula is C13H24O7. The van der Waals surface area contributed by atoms with E-state index in [4.69, 9.17) is 9.47 Å². The van der Waals surface area contributed by atoms with Crippen LogP contribution in [0.15, 0.2) is 0 Å². The van der Waals surface area contributed by atoms with E-state index in [0.29, 0.717) is 12.8 Å². The lowest BCUT2D eigenvalue weighted by molar-refractivity contribution is -0.295. The van der Waals surface area contributed by atoms with Crippen molar-refractivity contribution in [2.45, 2.75) is 57.4 Å². The normalized spacial score (nSPS) is 35.6. The minimum atomic E-state index is -1.30. The van der Waals surface area contributed by atoms with Gasteiger partial charge >= 0.3 is 5.97 Å². The molecule has 0 saturated carbocycles. The van der Waals surface area contributed by atoms with Crippen LogP contribution in [0.5, 0.6) is 0 Å². The van der Waals surface area contributed by atoms with Gasteiger partial charge in [-0.1, -0.05) is 6.92 Å². The molecule has 1 heterocycles. The molecule has 0 radical (unpaired) electrons. The van der Waals surface area contributed by atoms with Gasteiger partial charge < -0.3 is 29.5 Å². The van der Waals surface area contributed by atoms with Crippen LogP contribution < -0.4 is 0 Å². The maximum absolute atomic E-state index is 11.0. The number of rotatable bonds is 6. The quantitative estimate of drug-likeness (QED) is 0.562. The number of methoxy groups -OCH3 is 1. The molecule has 0 bridgehead atoms. The third-order valence-corrected chi connectivity index (χ3v) is 3.42. The summed E-state index contributed by atoms with van der Waals surface area (Å²) in [6.45, 7) is 3.76. The second-order valence-electron chi connectivity index (χ2n) is 5.23. The molecule has 0 aromatic carbocycles. The molecule has 1 aliphatic heterocycles. The molecule has 1 rings (SSSR count). The first kappa shape index (κ1) is 17.3. The average molecular weight is 292 g/mol. The molecule has 0 aromatic heterocycles. The van der Waals surface area contributed by atoms with E-state index in [2.05, 4.69) is 4.74 Å². The number of aliphatic hydroxyl groups is 3. The Hall–Kier alpha value is -0.730. The molecule has 20 heavy (non-hydrogen) atoms. The Kier molecular flexibility index (Phi) is 6.84. The van der Waals surface area contributed by atoms with Crippen molar-refractivity contribution < 1.29 is 34.3 Å². The molecule has 3 N–H and O–H groups in total. The zero-order valence-corrected chi connectivity index (χ0v) is 12.1. The lowest BCUT2D eigenvalue weighted by Gasteiger charge is -2.39. The fraction of sp³-hybridized carbons (Fsp3) is 0.923. The van der Waals surface area contributed by atoms with Gasteiger partial charge in [0.25, 0.3) is 0 Å². The number of hydrogen-bond donors (Lipinski definition) is 3. The van der Waals surface area contributed by atoms with Crippen LogP contribution in [-0.4, -0.2) is 65.7 Å². The second-order valence-corrected chi connectivity index (χ2v) is 5.23. The van der Waals surface area contributed by atoms with E-state index in [9.17, 15) is 20.1 Å². The summed E-state index contributed by atoms with van der Waals surface area (Å²) in [6, 6.07) is 0. The summed E-state index contributed by atoms with van der Waals surface area (Å²) in [5, 5.41) is 28.9. The summed E-state index contributed by atoms with van der Waals surface area (Å²) in [5.41, 5.74) is 0.